The van der Waals surface area contributed by atoms with Gasteiger partial charge in [-0.05, 0) is 29.3 Å². The molecule has 6 nitrogen and oxygen atoms in total. The van der Waals surface area contributed by atoms with Crippen LogP contribution in [0.4, 0.5) is 0 Å². The van der Waals surface area contributed by atoms with Crippen LogP contribution in [0.25, 0.3) is 0 Å². The van der Waals surface area contributed by atoms with E-state index in [9.17, 15) is 5.11 Å². The van der Waals surface area contributed by atoms with Gasteiger partial charge in [-0.3, -0.25) is 0 Å². The SMILES string of the molecule is CC(C)(C)[Si](C)(C)OC[C@H](O)[C@H](OCc1ccccc1)[C@H](OCc1ccccc1)c1cnc[nH]1. The van der Waals surface area contributed by atoms with Gasteiger partial charge in [0.25, 0.3) is 0 Å². The second-order valence-corrected chi connectivity index (χ2v) is 14.9. The van der Waals surface area contributed by atoms with E-state index in [1.54, 1.807) is 12.5 Å². The molecule has 0 saturated carbocycles. The maximum Gasteiger partial charge on any atom is 0.192 e. The lowest BCUT2D eigenvalue weighted by Crippen LogP contribution is -2.46. The van der Waals surface area contributed by atoms with Crippen molar-refractivity contribution in [2.24, 2.45) is 0 Å². The summed E-state index contributed by atoms with van der Waals surface area (Å²) in [6.45, 7) is 11.8. The summed E-state index contributed by atoms with van der Waals surface area (Å²) < 4.78 is 19.0. The van der Waals surface area contributed by atoms with Crippen molar-refractivity contribution in [1.82, 2.24) is 9.97 Å². The number of benzene rings is 2. The van der Waals surface area contributed by atoms with Crippen LogP contribution < -0.4 is 0 Å². The zero-order valence-corrected chi connectivity index (χ0v) is 21.9. The molecule has 0 amide bonds. The highest BCUT2D eigenvalue weighted by molar-refractivity contribution is 6.74. The first-order valence-corrected chi connectivity index (χ1v) is 14.7. The molecular formula is C27H38N2O4Si. The third-order valence-electron chi connectivity index (χ3n) is 6.48. The van der Waals surface area contributed by atoms with Crippen molar-refractivity contribution in [1.29, 1.82) is 0 Å². The Morgan fingerprint density at radius 1 is 0.912 bits per heavy atom. The molecule has 3 atom stereocenters. The number of nitrogens with one attached hydrogen (secondary N) is 1. The number of aliphatic hydroxyl groups is 1. The highest BCUT2D eigenvalue weighted by Crippen LogP contribution is 2.37. The lowest BCUT2D eigenvalue weighted by atomic mass is 10.1. The Morgan fingerprint density at radius 3 is 1.97 bits per heavy atom. The van der Waals surface area contributed by atoms with Crippen molar-refractivity contribution in [2.75, 3.05) is 6.61 Å². The predicted molar refractivity (Wildman–Crippen MR) is 137 cm³/mol. The Hall–Kier alpha value is -2.29. The fourth-order valence-electron chi connectivity index (χ4n) is 3.32. The van der Waals surface area contributed by atoms with Crippen molar-refractivity contribution >= 4 is 8.32 Å². The first kappa shape index (κ1) is 26.3. The molecule has 0 saturated heterocycles. The van der Waals surface area contributed by atoms with E-state index >= 15 is 0 Å². The monoisotopic (exact) mass is 482 g/mol. The summed E-state index contributed by atoms with van der Waals surface area (Å²) in [5, 5.41) is 11.4. The second kappa shape index (κ2) is 11.9. The molecule has 0 bridgehead atoms. The molecule has 0 radical (unpaired) electrons. The van der Waals surface area contributed by atoms with E-state index in [-0.39, 0.29) is 11.6 Å². The van der Waals surface area contributed by atoms with E-state index in [4.69, 9.17) is 13.9 Å². The van der Waals surface area contributed by atoms with Crippen LogP contribution in [-0.4, -0.2) is 42.2 Å². The number of hydrogen-bond donors (Lipinski definition) is 2. The van der Waals surface area contributed by atoms with Gasteiger partial charge in [0.05, 0.1) is 38.0 Å². The van der Waals surface area contributed by atoms with Crippen LogP contribution in [0.2, 0.25) is 18.1 Å². The Labute approximate surface area is 204 Å². The summed E-state index contributed by atoms with van der Waals surface area (Å²) >= 11 is 0. The third-order valence-corrected chi connectivity index (χ3v) is 11.0. The molecule has 1 heterocycles. The van der Waals surface area contributed by atoms with Crippen molar-refractivity contribution in [3.8, 4) is 0 Å². The Bertz CT molecular complexity index is 959. The number of aromatic nitrogens is 2. The van der Waals surface area contributed by atoms with E-state index < -0.39 is 26.6 Å². The number of aromatic amines is 1. The topological polar surface area (TPSA) is 76.6 Å². The van der Waals surface area contributed by atoms with Crippen LogP contribution in [-0.2, 0) is 27.1 Å². The fourth-order valence-corrected chi connectivity index (χ4v) is 4.34. The number of aliphatic hydroxyl groups excluding tert-OH is 1. The van der Waals surface area contributed by atoms with Gasteiger partial charge in [-0.25, -0.2) is 4.98 Å². The smallest absolute Gasteiger partial charge is 0.192 e. The largest absolute Gasteiger partial charge is 0.414 e. The first-order valence-electron chi connectivity index (χ1n) is 11.8. The van der Waals surface area contributed by atoms with Gasteiger partial charge < -0.3 is 24.0 Å². The van der Waals surface area contributed by atoms with Crippen LogP contribution >= 0.6 is 0 Å². The molecule has 0 aliphatic rings. The Morgan fingerprint density at radius 2 is 1.47 bits per heavy atom. The molecule has 34 heavy (non-hydrogen) atoms. The molecule has 3 aromatic rings. The molecule has 184 valence electrons. The van der Waals surface area contributed by atoms with Crippen LogP contribution in [0.5, 0.6) is 0 Å². The van der Waals surface area contributed by atoms with Crippen molar-refractivity contribution in [3.63, 3.8) is 0 Å². The van der Waals surface area contributed by atoms with E-state index in [1.165, 1.54) is 0 Å². The van der Waals surface area contributed by atoms with Crippen molar-refractivity contribution in [2.45, 2.75) is 70.4 Å². The van der Waals surface area contributed by atoms with E-state index in [0.29, 0.717) is 13.2 Å². The van der Waals surface area contributed by atoms with Gasteiger partial charge in [0, 0.05) is 0 Å². The molecule has 0 aliphatic carbocycles. The van der Waals surface area contributed by atoms with Gasteiger partial charge in [-0.1, -0.05) is 81.4 Å². The number of imidazole rings is 1. The average molecular weight is 483 g/mol. The highest BCUT2D eigenvalue weighted by Gasteiger charge is 2.39. The third kappa shape index (κ3) is 7.35. The summed E-state index contributed by atoms with van der Waals surface area (Å²) in [5.74, 6) is 0. The molecule has 2 aromatic carbocycles. The maximum atomic E-state index is 11.3. The Kier molecular flexibility index (Phi) is 9.22. The van der Waals surface area contributed by atoms with Crippen LogP contribution in [0.1, 0.15) is 43.7 Å². The minimum absolute atomic E-state index is 0.0414. The van der Waals surface area contributed by atoms with Gasteiger partial charge in [-0.15, -0.1) is 0 Å². The van der Waals surface area contributed by atoms with Gasteiger partial charge in [0.15, 0.2) is 8.32 Å². The summed E-state index contributed by atoms with van der Waals surface area (Å²) in [7, 11) is -2.05. The Balaban J connectivity index is 1.81. The lowest BCUT2D eigenvalue weighted by Gasteiger charge is -2.38. The lowest BCUT2D eigenvalue weighted by molar-refractivity contribution is -0.143. The number of ether oxygens (including phenoxy) is 2. The minimum Gasteiger partial charge on any atom is -0.414 e. The van der Waals surface area contributed by atoms with Crippen molar-refractivity contribution in [3.05, 3.63) is 90.0 Å². The van der Waals surface area contributed by atoms with Crippen LogP contribution in [0, 0.1) is 0 Å². The number of hydrogen-bond acceptors (Lipinski definition) is 5. The van der Waals surface area contributed by atoms with E-state index in [0.717, 1.165) is 16.8 Å². The van der Waals surface area contributed by atoms with Gasteiger partial charge >= 0.3 is 0 Å². The highest BCUT2D eigenvalue weighted by atomic mass is 28.4. The zero-order valence-electron chi connectivity index (χ0n) is 20.9. The number of rotatable bonds is 12. The first-order chi connectivity index (χ1) is 16.2. The van der Waals surface area contributed by atoms with Gasteiger partial charge in [0.2, 0.25) is 0 Å². The summed E-state index contributed by atoms with van der Waals surface area (Å²) in [4.78, 5) is 7.32. The summed E-state index contributed by atoms with van der Waals surface area (Å²) in [6, 6.07) is 19.9. The van der Waals surface area contributed by atoms with Crippen LogP contribution in [0.15, 0.2) is 73.2 Å². The van der Waals surface area contributed by atoms with E-state index in [1.807, 2.05) is 60.7 Å². The summed E-state index contributed by atoms with van der Waals surface area (Å²) in [5.41, 5.74) is 2.82. The molecule has 1 aromatic heterocycles. The van der Waals surface area contributed by atoms with Gasteiger partial charge in [0.1, 0.15) is 18.3 Å². The quantitative estimate of drug-likeness (QED) is 0.327. The molecule has 0 fully saturated rings. The minimum atomic E-state index is -2.05. The van der Waals surface area contributed by atoms with Gasteiger partial charge in [-0.2, -0.15) is 0 Å². The molecule has 7 heteroatoms. The number of nitrogens with zero attached hydrogens (tertiary/aromatic N) is 1. The number of H-pyrrole nitrogens is 1. The second-order valence-electron chi connectivity index (χ2n) is 10.1. The molecule has 0 aliphatic heterocycles. The normalized spacial score (nSPS) is 15.1. The molecule has 0 spiro atoms. The maximum absolute atomic E-state index is 11.3. The predicted octanol–water partition coefficient (Wildman–Crippen LogP) is 5.64. The van der Waals surface area contributed by atoms with Crippen LogP contribution in [0.3, 0.4) is 0 Å². The summed E-state index contributed by atoms with van der Waals surface area (Å²) in [6.07, 6.45) is 1.23. The zero-order chi connectivity index (χ0) is 24.6. The van der Waals surface area contributed by atoms with Crippen molar-refractivity contribution < 1.29 is 19.0 Å². The molecule has 0 unspecified atom stereocenters. The standard InChI is InChI=1S/C27H38N2O4Si/c1-27(2,3)34(4,5)33-19-24(30)26(32-18-22-14-10-7-11-15-22)25(23-16-28-20-29-23)31-17-21-12-8-6-9-13-21/h6-16,20,24-26,30H,17-19H2,1-5H3,(H,28,29)/t24-,25+,26-/m0/s1. The average Bonchev–Trinajstić information content (AvgIpc) is 3.35. The molecular weight excluding hydrogens is 444 g/mol. The molecule has 3 rings (SSSR count). The fraction of sp³-hybridized carbons (Fsp3) is 0.444. The molecule has 2 N–H and O–H groups in total. The van der Waals surface area contributed by atoms with E-state index in [2.05, 4.69) is 43.8 Å².